The van der Waals surface area contributed by atoms with Gasteiger partial charge in [0.1, 0.15) is 12.5 Å². The predicted octanol–water partition coefficient (Wildman–Crippen LogP) is 2.69. The molecule has 5 nitrogen and oxygen atoms in total. The van der Waals surface area contributed by atoms with Gasteiger partial charge in [-0.25, -0.2) is 4.99 Å². The highest BCUT2D eigenvalue weighted by Crippen LogP contribution is 2.28. The molecule has 2 aromatic carbocycles. The minimum absolute atomic E-state index is 0.0112. The standard InChI is InChI=1S/C17H15N3O2/c21-17(12-5-2-1-3-6-12)14-7-4-8-15-13(14)9-10-16(20-15)18-11-19-22/h1-11,16,20,22H,(H,18,19). The fourth-order valence-electron chi connectivity index (χ4n) is 2.41. The van der Waals surface area contributed by atoms with Gasteiger partial charge in [0.25, 0.3) is 0 Å². The molecule has 0 radical (unpaired) electrons. The normalized spacial score (nSPS) is 16.1. The highest BCUT2D eigenvalue weighted by molar-refractivity contribution is 6.12. The van der Waals surface area contributed by atoms with E-state index >= 15 is 0 Å². The summed E-state index contributed by atoms with van der Waals surface area (Å²) in [5.41, 5.74) is 4.86. The van der Waals surface area contributed by atoms with Crippen LogP contribution in [0.25, 0.3) is 6.08 Å². The molecule has 0 amide bonds. The SMILES string of the molecule is O=C(c1ccccc1)c1cccc2c1C=CC(N=CNO)N2. The van der Waals surface area contributed by atoms with Gasteiger partial charge in [0, 0.05) is 22.4 Å². The van der Waals surface area contributed by atoms with E-state index in [1.54, 1.807) is 0 Å². The fourth-order valence-corrected chi connectivity index (χ4v) is 2.41. The van der Waals surface area contributed by atoms with Crippen molar-refractivity contribution in [2.45, 2.75) is 6.17 Å². The van der Waals surface area contributed by atoms with Crippen molar-refractivity contribution < 1.29 is 10.0 Å². The number of hydroxylamine groups is 1. The molecule has 1 atom stereocenters. The average Bonchev–Trinajstić information content (AvgIpc) is 2.59. The number of carbonyl (C=O) groups is 1. The number of aliphatic imine (C=N–C) groups is 1. The summed E-state index contributed by atoms with van der Waals surface area (Å²) in [6.45, 7) is 0. The molecule has 0 saturated carbocycles. The summed E-state index contributed by atoms with van der Waals surface area (Å²) in [5.74, 6) is -0.0112. The van der Waals surface area contributed by atoms with Crippen LogP contribution in [0.15, 0.2) is 59.6 Å². The molecule has 0 saturated heterocycles. The lowest BCUT2D eigenvalue weighted by Gasteiger charge is -2.21. The summed E-state index contributed by atoms with van der Waals surface area (Å²) in [6.07, 6.45) is 4.62. The summed E-state index contributed by atoms with van der Waals surface area (Å²) < 4.78 is 0. The van der Waals surface area contributed by atoms with Gasteiger partial charge in [-0.3, -0.25) is 15.5 Å². The maximum atomic E-state index is 12.6. The highest BCUT2D eigenvalue weighted by atomic mass is 16.5. The summed E-state index contributed by atoms with van der Waals surface area (Å²) in [5, 5.41) is 11.7. The molecule has 1 unspecified atom stereocenters. The minimum Gasteiger partial charge on any atom is -0.360 e. The number of anilines is 1. The van der Waals surface area contributed by atoms with Crippen molar-refractivity contribution in [3.8, 4) is 0 Å². The largest absolute Gasteiger partial charge is 0.360 e. The molecule has 0 bridgehead atoms. The number of fused-ring (bicyclic) bond motifs is 1. The van der Waals surface area contributed by atoms with Gasteiger partial charge < -0.3 is 5.32 Å². The van der Waals surface area contributed by atoms with Crippen LogP contribution >= 0.6 is 0 Å². The number of carbonyl (C=O) groups excluding carboxylic acids is 1. The smallest absolute Gasteiger partial charge is 0.193 e. The molecule has 0 aromatic heterocycles. The van der Waals surface area contributed by atoms with E-state index in [9.17, 15) is 4.79 Å². The Hall–Kier alpha value is -2.92. The maximum absolute atomic E-state index is 12.6. The summed E-state index contributed by atoms with van der Waals surface area (Å²) in [4.78, 5) is 16.7. The highest BCUT2D eigenvalue weighted by Gasteiger charge is 2.18. The van der Waals surface area contributed by atoms with Gasteiger partial charge in [-0.15, -0.1) is 0 Å². The van der Waals surface area contributed by atoms with Crippen LogP contribution in [0.1, 0.15) is 21.5 Å². The van der Waals surface area contributed by atoms with Gasteiger partial charge in [0.05, 0.1) is 0 Å². The number of benzene rings is 2. The molecule has 1 aliphatic heterocycles. The average molecular weight is 293 g/mol. The van der Waals surface area contributed by atoms with E-state index in [2.05, 4.69) is 10.3 Å². The summed E-state index contributed by atoms with van der Waals surface area (Å²) in [6, 6.07) is 14.8. The lowest BCUT2D eigenvalue weighted by atomic mass is 9.95. The number of nitrogens with zero attached hydrogens (tertiary/aromatic N) is 1. The van der Waals surface area contributed by atoms with Crippen molar-refractivity contribution in [1.29, 1.82) is 0 Å². The second-order valence-electron chi connectivity index (χ2n) is 4.82. The zero-order chi connectivity index (χ0) is 15.4. The molecule has 22 heavy (non-hydrogen) atoms. The molecule has 0 fully saturated rings. The van der Waals surface area contributed by atoms with E-state index in [1.165, 1.54) is 6.34 Å². The van der Waals surface area contributed by atoms with Gasteiger partial charge in [-0.2, -0.15) is 0 Å². The molecule has 3 N–H and O–H groups in total. The zero-order valence-electron chi connectivity index (χ0n) is 11.7. The lowest BCUT2D eigenvalue weighted by molar-refractivity contribution is 0.103. The van der Waals surface area contributed by atoms with Crippen LogP contribution in [0.2, 0.25) is 0 Å². The Labute approximate surface area is 128 Å². The molecule has 2 aromatic rings. The van der Waals surface area contributed by atoms with Crippen LogP contribution < -0.4 is 10.8 Å². The van der Waals surface area contributed by atoms with Crippen molar-refractivity contribution in [3.63, 3.8) is 0 Å². The minimum atomic E-state index is -0.283. The molecular weight excluding hydrogens is 278 g/mol. The Morgan fingerprint density at radius 2 is 2.00 bits per heavy atom. The zero-order valence-corrected chi connectivity index (χ0v) is 11.7. The number of hydrogen-bond donors (Lipinski definition) is 3. The third kappa shape index (κ3) is 2.75. The predicted molar refractivity (Wildman–Crippen MR) is 86.2 cm³/mol. The molecule has 0 spiro atoms. The van der Waals surface area contributed by atoms with Crippen LogP contribution in [0.5, 0.6) is 0 Å². The quantitative estimate of drug-likeness (QED) is 0.351. The van der Waals surface area contributed by atoms with Gasteiger partial charge in [-0.1, -0.05) is 48.5 Å². The maximum Gasteiger partial charge on any atom is 0.193 e. The molecule has 3 rings (SSSR count). The molecule has 1 aliphatic rings. The van der Waals surface area contributed by atoms with Crippen LogP contribution in [-0.4, -0.2) is 23.5 Å². The van der Waals surface area contributed by atoms with Crippen molar-refractivity contribution in [2.75, 3.05) is 5.32 Å². The second-order valence-corrected chi connectivity index (χ2v) is 4.82. The van der Waals surface area contributed by atoms with E-state index in [1.807, 2.05) is 66.2 Å². The molecule has 110 valence electrons. The first-order valence-corrected chi connectivity index (χ1v) is 6.88. The van der Waals surface area contributed by atoms with Crippen molar-refractivity contribution in [1.82, 2.24) is 5.48 Å². The summed E-state index contributed by atoms with van der Waals surface area (Å²) >= 11 is 0. The first kappa shape index (κ1) is 14.0. The summed E-state index contributed by atoms with van der Waals surface area (Å²) in [7, 11) is 0. The molecule has 0 aliphatic carbocycles. The van der Waals surface area contributed by atoms with Gasteiger partial charge in [-0.05, 0) is 12.1 Å². The third-order valence-electron chi connectivity index (χ3n) is 3.43. The van der Waals surface area contributed by atoms with Crippen LogP contribution in [0, 0.1) is 0 Å². The van der Waals surface area contributed by atoms with Gasteiger partial charge in [0.2, 0.25) is 0 Å². The van der Waals surface area contributed by atoms with Crippen LogP contribution in [0.4, 0.5) is 5.69 Å². The fraction of sp³-hybridized carbons (Fsp3) is 0.0588. The van der Waals surface area contributed by atoms with E-state index < -0.39 is 0 Å². The second kappa shape index (κ2) is 6.24. The van der Waals surface area contributed by atoms with Crippen molar-refractivity contribution in [2.24, 2.45) is 4.99 Å². The van der Waals surface area contributed by atoms with E-state index in [0.717, 1.165) is 11.3 Å². The van der Waals surface area contributed by atoms with Crippen LogP contribution in [0.3, 0.4) is 0 Å². The van der Waals surface area contributed by atoms with Crippen molar-refractivity contribution >= 4 is 23.9 Å². The number of hydrogen-bond acceptors (Lipinski definition) is 4. The number of nitrogens with one attached hydrogen (secondary N) is 2. The van der Waals surface area contributed by atoms with E-state index in [4.69, 9.17) is 5.21 Å². The number of rotatable bonds is 4. The Bertz CT molecular complexity index is 739. The van der Waals surface area contributed by atoms with Gasteiger partial charge >= 0.3 is 0 Å². The Balaban J connectivity index is 1.94. The van der Waals surface area contributed by atoms with E-state index in [-0.39, 0.29) is 11.9 Å². The molecule has 5 heteroatoms. The lowest BCUT2D eigenvalue weighted by Crippen LogP contribution is -2.20. The van der Waals surface area contributed by atoms with E-state index in [0.29, 0.717) is 11.1 Å². The van der Waals surface area contributed by atoms with Gasteiger partial charge in [0.15, 0.2) is 5.78 Å². The van der Waals surface area contributed by atoms with Crippen LogP contribution in [-0.2, 0) is 0 Å². The van der Waals surface area contributed by atoms with Crippen molar-refractivity contribution in [3.05, 3.63) is 71.3 Å². The third-order valence-corrected chi connectivity index (χ3v) is 3.43. The number of ketones is 1. The first-order chi connectivity index (χ1) is 10.8. The Morgan fingerprint density at radius 1 is 1.18 bits per heavy atom. The Kier molecular flexibility index (Phi) is 3.98. The Morgan fingerprint density at radius 3 is 2.77 bits per heavy atom. The monoisotopic (exact) mass is 293 g/mol. The molecule has 1 heterocycles. The first-order valence-electron chi connectivity index (χ1n) is 6.88. The molecular formula is C17H15N3O2. The topological polar surface area (TPSA) is 73.7 Å².